The minimum absolute atomic E-state index is 0.157. The first-order valence-corrected chi connectivity index (χ1v) is 11.0. The monoisotopic (exact) mass is 432 g/mol. The van der Waals surface area contributed by atoms with Crippen LogP contribution in [0, 0.1) is 0 Å². The topological polar surface area (TPSA) is 69.8 Å². The molecule has 0 fully saturated rings. The number of imidazole rings is 1. The van der Waals surface area contributed by atoms with Crippen molar-refractivity contribution >= 4 is 28.3 Å². The normalized spacial score (nSPS) is 11.8. The standard InChI is InChI=1S/C28H24N4O/c33-28(22-15-7-8-16-23(22)29-21-13-5-2-6-14-21)32-26(19-20-11-3-1-4-12-20)27-30-24-17-9-10-18-25(24)31-27/h1-18,26,29H,19H2,(H,30,31)(H,32,33)/t26-/m0/s1. The van der Waals surface area contributed by atoms with E-state index >= 15 is 0 Å². The van der Waals surface area contributed by atoms with Crippen LogP contribution in [0.4, 0.5) is 11.4 Å². The smallest absolute Gasteiger partial charge is 0.253 e. The van der Waals surface area contributed by atoms with E-state index in [2.05, 4.69) is 27.8 Å². The second kappa shape index (κ2) is 9.40. The number of aromatic amines is 1. The molecule has 0 aliphatic rings. The molecule has 0 unspecified atom stereocenters. The zero-order chi connectivity index (χ0) is 22.5. The van der Waals surface area contributed by atoms with Gasteiger partial charge >= 0.3 is 0 Å². The number of H-pyrrole nitrogens is 1. The Labute approximate surface area is 192 Å². The maximum atomic E-state index is 13.5. The molecule has 1 atom stereocenters. The van der Waals surface area contributed by atoms with Crippen molar-refractivity contribution in [2.75, 3.05) is 5.32 Å². The Hall–Kier alpha value is -4.38. The Morgan fingerprint density at radius 3 is 2.24 bits per heavy atom. The van der Waals surface area contributed by atoms with Crippen molar-refractivity contribution in [2.45, 2.75) is 12.5 Å². The van der Waals surface area contributed by atoms with E-state index in [1.54, 1.807) is 0 Å². The molecule has 162 valence electrons. The van der Waals surface area contributed by atoms with Crippen molar-refractivity contribution in [3.63, 3.8) is 0 Å². The van der Waals surface area contributed by atoms with E-state index in [4.69, 9.17) is 4.98 Å². The average molecular weight is 433 g/mol. The van der Waals surface area contributed by atoms with Gasteiger partial charge in [0.1, 0.15) is 5.82 Å². The lowest BCUT2D eigenvalue weighted by atomic mass is 10.0. The van der Waals surface area contributed by atoms with Gasteiger partial charge < -0.3 is 15.6 Å². The van der Waals surface area contributed by atoms with Gasteiger partial charge in [-0.2, -0.15) is 0 Å². The molecule has 0 spiro atoms. The molecule has 0 saturated carbocycles. The molecule has 4 aromatic carbocycles. The van der Waals surface area contributed by atoms with Gasteiger partial charge in [-0.1, -0.05) is 72.8 Å². The summed E-state index contributed by atoms with van der Waals surface area (Å²) in [5.41, 5.74) is 5.21. The zero-order valence-corrected chi connectivity index (χ0v) is 18.0. The van der Waals surface area contributed by atoms with Gasteiger partial charge in [0.15, 0.2) is 0 Å². The van der Waals surface area contributed by atoms with Crippen molar-refractivity contribution in [3.05, 3.63) is 126 Å². The molecule has 3 N–H and O–H groups in total. The van der Waals surface area contributed by atoms with Gasteiger partial charge in [0, 0.05) is 5.69 Å². The van der Waals surface area contributed by atoms with E-state index in [0.717, 1.165) is 33.8 Å². The van der Waals surface area contributed by atoms with Crippen LogP contribution in [-0.4, -0.2) is 15.9 Å². The minimum Gasteiger partial charge on any atom is -0.355 e. The first kappa shape index (κ1) is 20.5. The number of aromatic nitrogens is 2. The maximum Gasteiger partial charge on any atom is 0.253 e. The number of para-hydroxylation sites is 4. The van der Waals surface area contributed by atoms with Crippen LogP contribution in [0.5, 0.6) is 0 Å². The summed E-state index contributed by atoms with van der Waals surface area (Å²) in [7, 11) is 0. The molecular formula is C28H24N4O. The van der Waals surface area contributed by atoms with Crippen LogP contribution >= 0.6 is 0 Å². The van der Waals surface area contributed by atoms with Gasteiger partial charge in [-0.25, -0.2) is 4.98 Å². The van der Waals surface area contributed by atoms with Crippen molar-refractivity contribution in [3.8, 4) is 0 Å². The van der Waals surface area contributed by atoms with Crippen molar-refractivity contribution < 1.29 is 4.79 Å². The first-order chi connectivity index (χ1) is 16.3. The number of carbonyl (C=O) groups excluding carboxylic acids is 1. The lowest BCUT2D eigenvalue weighted by Gasteiger charge is -2.19. The zero-order valence-electron chi connectivity index (χ0n) is 18.0. The van der Waals surface area contributed by atoms with Crippen molar-refractivity contribution in [1.29, 1.82) is 0 Å². The fraction of sp³-hybridized carbons (Fsp3) is 0.0714. The largest absolute Gasteiger partial charge is 0.355 e. The maximum absolute atomic E-state index is 13.5. The van der Waals surface area contributed by atoms with E-state index in [0.29, 0.717) is 12.0 Å². The number of amides is 1. The van der Waals surface area contributed by atoms with Gasteiger partial charge in [0.25, 0.3) is 5.91 Å². The summed E-state index contributed by atoms with van der Waals surface area (Å²) in [6.07, 6.45) is 0.626. The molecular weight excluding hydrogens is 408 g/mol. The number of nitrogens with zero attached hydrogens (tertiary/aromatic N) is 1. The molecule has 5 aromatic rings. The number of rotatable bonds is 7. The summed E-state index contributed by atoms with van der Waals surface area (Å²) in [6, 6.07) is 35.1. The number of nitrogens with one attached hydrogen (secondary N) is 3. The van der Waals surface area contributed by atoms with E-state index < -0.39 is 0 Å². The summed E-state index contributed by atoms with van der Waals surface area (Å²) in [5.74, 6) is 0.581. The van der Waals surface area contributed by atoms with Gasteiger partial charge in [-0.05, 0) is 48.4 Å². The number of carbonyl (C=O) groups is 1. The van der Waals surface area contributed by atoms with Crippen LogP contribution in [0.2, 0.25) is 0 Å². The van der Waals surface area contributed by atoms with Gasteiger partial charge in [-0.15, -0.1) is 0 Å². The summed E-state index contributed by atoms with van der Waals surface area (Å²) < 4.78 is 0. The summed E-state index contributed by atoms with van der Waals surface area (Å²) in [4.78, 5) is 21.6. The number of hydrogen-bond donors (Lipinski definition) is 3. The molecule has 5 rings (SSSR count). The van der Waals surface area contributed by atoms with E-state index in [-0.39, 0.29) is 11.9 Å². The fourth-order valence-corrected chi connectivity index (χ4v) is 3.91. The Balaban J connectivity index is 1.45. The molecule has 1 aromatic heterocycles. The quantitative estimate of drug-likeness (QED) is 0.294. The molecule has 5 heteroatoms. The van der Waals surface area contributed by atoms with Crippen LogP contribution in [0.25, 0.3) is 11.0 Å². The third-order valence-corrected chi connectivity index (χ3v) is 5.55. The molecule has 1 heterocycles. The molecule has 0 bridgehead atoms. The molecule has 33 heavy (non-hydrogen) atoms. The molecule has 1 amide bonds. The molecule has 0 radical (unpaired) electrons. The highest BCUT2D eigenvalue weighted by molar-refractivity contribution is 6.00. The Bertz CT molecular complexity index is 1330. The Kier molecular flexibility index (Phi) is 5.85. The lowest BCUT2D eigenvalue weighted by molar-refractivity contribution is 0.0935. The summed E-state index contributed by atoms with van der Waals surface area (Å²) >= 11 is 0. The van der Waals surface area contributed by atoms with Crippen LogP contribution in [0.1, 0.15) is 27.8 Å². The van der Waals surface area contributed by atoms with Crippen LogP contribution in [0.15, 0.2) is 109 Å². The second-order valence-corrected chi connectivity index (χ2v) is 7.89. The highest BCUT2D eigenvalue weighted by Gasteiger charge is 2.21. The Morgan fingerprint density at radius 2 is 1.45 bits per heavy atom. The highest BCUT2D eigenvalue weighted by atomic mass is 16.1. The predicted octanol–water partition coefficient (Wildman–Crippen LogP) is 6.02. The predicted molar refractivity (Wildman–Crippen MR) is 133 cm³/mol. The SMILES string of the molecule is O=C(N[C@@H](Cc1ccccc1)c1nc2ccccc2[nH]1)c1ccccc1Nc1ccccc1. The Morgan fingerprint density at radius 1 is 0.788 bits per heavy atom. The number of benzene rings is 4. The molecule has 0 saturated heterocycles. The van der Waals surface area contributed by atoms with Crippen LogP contribution in [0.3, 0.4) is 0 Å². The van der Waals surface area contributed by atoms with Gasteiger partial charge in [0.05, 0.1) is 28.3 Å². The van der Waals surface area contributed by atoms with Crippen LogP contribution < -0.4 is 10.6 Å². The number of fused-ring (bicyclic) bond motifs is 1. The van der Waals surface area contributed by atoms with E-state index in [9.17, 15) is 4.79 Å². The van der Waals surface area contributed by atoms with Crippen LogP contribution in [-0.2, 0) is 6.42 Å². The summed E-state index contributed by atoms with van der Waals surface area (Å²) in [5, 5.41) is 6.57. The number of anilines is 2. The van der Waals surface area contributed by atoms with E-state index in [1.807, 2.05) is 97.1 Å². The van der Waals surface area contributed by atoms with Crippen molar-refractivity contribution in [1.82, 2.24) is 15.3 Å². The van der Waals surface area contributed by atoms with Gasteiger partial charge in [0.2, 0.25) is 0 Å². The average Bonchev–Trinajstić information content (AvgIpc) is 3.30. The highest BCUT2D eigenvalue weighted by Crippen LogP contribution is 2.24. The molecule has 5 nitrogen and oxygen atoms in total. The van der Waals surface area contributed by atoms with Gasteiger partial charge in [-0.3, -0.25) is 4.79 Å². The lowest BCUT2D eigenvalue weighted by Crippen LogP contribution is -2.31. The van der Waals surface area contributed by atoms with Crippen molar-refractivity contribution in [2.24, 2.45) is 0 Å². The second-order valence-electron chi connectivity index (χ2n) is 7.89. The first-order valence-electron chi connectivity index (χ1n) is 11.0. The molecule has 0 aliphatic carbocycles. The van der Waals surface area contributed by atoms with E-state index in [1.165, 1.54) is 0 Å². The third kappa shape index (κ3) is 4.77. The molecule has 0 aliphatic heterocycles. The minimum atomic E-state index is -0.308. The summed E-state index contributed by atoms with van der Waals surface area (Å²) in [6.45, 7) is 0. The third-order valence-electron chi connectivity index (χ3n) is 5.55. The fourth-order valence-electron chi connectivity index (χ4n) is 3.91. The number of hydrogen-bond acceptors (Lipinski definition) is 3.